The van der Waals surface area contributed by atoms with Crippen molar-refractivity contribution in [2.45, 2.75) is 13.8 Å². The van der Waals surface area contributed by atoms with Gasteiger partial charge < -0.3 is 10.5 Å². The van der Waals surface area contributed by atoms with Crippen LogP contribution < -0.4 is 10.5 Å². The van der Waals surface area contributed by atoms with Gasteiger partial charge in [0.2, 0.25) is 0 Å². The molecule has 0 spiro atoms. The summed E-state index contributed by atoms with van der Waals surface area (Å²) in [6.07, 6.45) is 1.47. The van der Waals surface area contributed by atoms with Gasteiger partial charge in [-0.2, -0.15) is 0 Å². The highest BCUT2D eigenvalue weighted by molar-refractivity contribution is 6.32. The van der Waals surface area contributed by atoms with Crippen LogP contribution in [0.5, 0.6) is 5.75 Å². The number of nitrogen functional groups attached to an aromatic ring is 1. The van der Waals surface area contributed by atoms with Crippen molar-refractivity contribution in [3.8, 4) is 11.4 Å². The molecule has 5 nitrogen and oxygen atoms in total. The molecule has 3 rings (SSSR count). The maximum absolute atomic E-state index is 6.09. The van der Waals surface area contributed by atoms with Crippen molar-refractivity contribution >= 4 is 28.5 Å². The smallest absolute Gasteiger partial charge is 0.150 e. The van der Waals surface area contributed by atoms with E-state index < -0.39 is 0 Å². The average Bonchev–Trinajstić information content (AvgIpc) is 2.73. The van der Waals surface area contributed by atoms with Crippen molar-refractivity contribution in [3.63, 3.8) is 0 Å². The molecule has 0 unspecified atom stereocenters. The van der Waals surface area contributed by atoms with Crippen LogP contribution in [0, 0.1) is 13.8 Å². The number of rotatable bonds is 2. The van der Waals surface area contributed by atoms with Gasteiger partial charge >= 0.3 is 0 Å². The third kappa shape index (κ3) is 2.01. The van der Waals surface area contributed by atoms with Crippen molar-refractivity contribution in [2.24, 2.45) is 0 Å². The Kier molecular flexibility index (Phi) is 3.22. The molecule has 0 aliphatic rings. The maximum Gasteiger partial charge on any atom is 0.150 e. The van der Waals surface area contributed by atoms with Crippen LogP contribution in [0.15, 0.2) is 24.5 Å². The van der Waals surface area contributed by atoms with E-state index in [4.69, 9.17) is 22.1 Å². The van der Waals surface area contributed by atoms with Crippen molar-refractivity contribution in [1.29, 1.82) is 0 Å². The highest BCUT2D eigenvalue weighted by Crippen LogP contribution is 2.33. The molecule has 0 amide bonds. The molecule has 2 N–H and O–H groups in total. The molecular weight excluding hydrogens is 288 g/mol. The minimum atomic E-state index is 0.486. The molecule has 2 aromatic heterocycles. The van der Waals surface area contributed by atoms with Gasteiger partial charge in [0.15, 0.2) is 5.65 Å². The summed E-state index contributed by atoms with van der Waals surface area (Å²) in [6, 6.07) is 5.61. The third-order valence-corrected chi connectivity index (χ3v) is 4.03. The predicted octanol–water partition coefficient (Wildman–Crippen LogP) is 3.28. The zero-order chi connectivity index (χ0) is 15.1. The van der Waals surface area contributed by atoms with E-state index in [2.05, 4.69) is 9.97 Å². The molecule has 0 aliphatic heterocycles. The van der Waals surface area contributed by atoms with E-state index in [1.54, 1.807) is 13.2 Å². The Morgan fingerprint density at radius 3 is 2.71 bits per heavy atom. The fraction of sp³-hybridized carbons (Fsp3) is 0.200. The van der Waals surface area contributed by atoms with E-state index in [0.717, 1.165) is 28.0 Å². The first kappa shape index (κ1) is 13.7. The van der Waals surface area contributed by atoms with Crippen molar-refractivity contribution in [3.05, 3.63) is 40.8 Å². The Bertz CT molecular complexity index is 841. The number of anilines is 1. The molecule has 21 heavy (non-hydrogen) atoms. The SMILES string of the molecule is COc1cc(-n2c(C)c(C)c3c(N)ncnc32)ccc1Cl. The van der Waals surface area contributed by atoms with Crippen molar-refractivity contribution in [2.75, 3.05) is 12.8 Å². The summed E-state index contributed by atoms with van der Waals surface area (Å²) in [6.45, 7) is 4.04. The van der Waals surface area contributed by atoms with Gasteiger partial charge in [0.05, 0.1) is 23.2 Å². The number of ether oxygens (including phenoxy) is 1. The maximum atomic E-state index is 6.09. The van der Waals surface area contributed by atoms with Gasteiger partial charge in [-0.25, -0.2) is 9.97 Å². The monoisotopic (exact) mass is 302 g/mol. The van der Waals surface area contributed by atoms with Crippen LogP contribution in [-0.2, 0) is 0 Å². The molecule has 2 heterocycles. The Labute approximate surface area is 127 Å². The zero-order valence-corrected chi connectivity index (χ0v) is 12.8. The number of hydrogen-bond acceptors (Lipinski definition) is 4. The summed E-state index contributed by atoms with van der Waals surface area (Å²) in [4.78, 5) is 8.45. The van der Waals surface area contributed by atoms with Gasteiger partial charge in [-0.3, -0.25) is 4.57 Å². The fourth-order valence-corrected chi connectivity index (χ4v) is 2.72. The Hall–Kier alpha value is -2.27. The summed E-state index contributed by atoms with van der Waals surface area (Å²) in [5.41, 5.74) is 9.81. The lowest BCUT2D eigenvalue weighted by atomic mass is 10.2. The van der Waals surface area contributed by atoms with E-state index in [1.165, 1.54) is 6.33 Å². The van der Waals surface area contributed by atoms with Crippen LogP contribution in [-0.4, -0.2) is 21.6 Å². The molecular formula is C15H15ClN4O. The number of aromatic nitrogens is 3. The topological polar surface area (TPSA) is 66.0 Å². The number of halogens is 1. The minimum Gasteiger partial charge on any atom is -0.495 e. The van der Waals surface area contributed by atoms with E-state index in [9.17, 15) is 0 Å². The summed E-state index contributed by atoms with van der Waals surface area (Å²) in [5, 5.41) is 1.45. The summed E-state index contributed by atoms with van der Waals surface area (Å²) in [7, 11) is 1.59. The Balaban J connectivity index is 2.35. The van der Waals surface area contributed by atoms with Gasteiger partial charge in [-0.15, -0.1) is 0 Å². The Morgan fingerprint density at radius 1 is 1.24 bits per heavy atom. The molecule has 0 radical (unpaired) electrons. The first-order valence-electron chi connectivity index (χ1n) is 6.46. The standard InChI is InChI=1S/C15H15ClN4O/c1-8-9(2)20(15-13(8)14(17)18-7-19-15)10-4-5-11(16)12(6-10)21-3/h4-7H,1-3H3,(H2,17,18,19). The number of methoxy groups -OCH3 is 1. The lowest BCUT2D eigenvalue weighted by Crippen LogP contribution is -2.00. The molecule has 0 atom stereocenters. The molecule has 0 aliphatic carbocycles. The number of nitrogens with two attached hydrogens (primary N) is 1. The van der Waals surface area contributed by atoms with E-state index >= 15 is 0 Å². The van der Waals surface area contributed by atoms with Gasteiger partial charge in [0.1, 0.15) is 17.9 Å². The molecule has 0 fully saturated rings. The number of nitrogens with zero attached hydrogens (tertiary/aromatic N) is 3. The molecule has 0 saturated heterocycles. The molecule has 6 heteroatoms. The van der Waals surface area contributed by atoms with Crippen LogP contribution in [0.25, 0.3) is 16.7 Å². The normalized spacial score (nSPS) is 11.0. The number of hydrogen-bond donors (Lipinski definition) is 1. The quantitative estimate of drug-likeness (QED) is 0.789. The Morgan fingerprint density at radius 2 is 2.00 bits per heavy atom. The molecule has 0 bridgehead atoms. The van der Waals surface area contributed by atoms with Gasteiger partial charge in [-0.05, 0) is 31.5 Å². The van der Waals surface area contributed by atoms with Gasteiger partial charge in [0.25, 0.3) is 0 Å². The summed E-state index contributed by atoms with van der Waals surface area (Å²) < 4.78 is 7.32. The van der Waals surface area contributed by atoms with Crippen molar-refractivity contribution < 1.29 is 4.74 Å². The van der Waals surface area contributed by atoms with E-state index in [1.807, 2.05) is 30.5 Å². The second-order valence-corrected chi connectivity index (χ2v) is 5.23. The minimum absolute atomic E-state index is 0.486. The average molecular weight is 303 g/mol. The lowest BCUT2D eigenvalue weighted by Gasteiger charge is -2.10. The predicted molar refractivity (Wildman–Crippen MR) is 84.3 cm³/mol. The third-order valence-electron chi connectivity index (χ3n) is 3.71. The van der Waals surface area contributed by atoms with Crippen molar-refractivity contribution in [1.82, 2.24) is 14.5 Å². The number of benzene rings is 1. The molecule has 0 saturated carbocycles. The van der Waals surface area contributed by atoms with Crippen LogP contribution in [0.3, 0.4) is 0 Å². The first-order chi connectivity index (χ1) is 10.0. The summed E-state index contributed by atoms with van der Waals surface area (Å²) in [5.74, 6) is 1.11. The highest BCUT2D eigenvalue weighted by Gasteiger charge is 2.17. The molecule has 1 aromatic carbocycles. The van der Waals surface area contributed by atoms with Crippen LogP contribution in [0.4, 0.5) is 5.82 Å². The van der Waals surface area contributed by atoms with Crippen LogP contribution >= 0.6 is 11.6 Å². The second-order valence-electron chi connectivity index (χ2n) is 4.82. The first-order valence-corrected chi connectivity index (χ1v) is 6.84. The second kappa shape index (κ2) is 4.93. The largest absolute Gasteiger partial charge is 0.495 e. The van der Waals surface area contributed by atoms with Gasteiger partial charge in [-0.1, -0.05) is 11.6 Å². The lowest BCUT2D eigenvalue weighted by molar-refractivity contribution is 0.415. The summed E-state index contributed by atoms with van der Waals surface area (Å²) >= 11 is 6.09. The van der Waals surface area contributed by atoms with E-state index in [0.29, 0.717) is 16.6 Å². The van der Waals surface area contributed by atoms with E-state index in [-0.39, 0.29) is 0 Å². The molecule has 108 valence electrons. The highest BCUT2D eigenvalue weighted by atomic mass is 35.5. The fourth-order valence-electron chi connectivity index (χ4n) is 2.53. The zero-order valence-electron chi connectivity index (χ0n) is 12.0. The van der Waals surface area contributed by atoms with Crippen LogP contribution in [0.1, 0.15) is 11.3 Å². The van der Waals surface area contributed by atoms with Crippen LogP contribution in [0.2, 0.25) is 5.02 Å². The molecule has 3 aromatic rings. The van der Waals surface area contributed by atoms with Gasteiger partial charge in [0, 0.05) is 11.8 Å². The number of fused-ring (bicyclic) bond motifs is 1. The number of aryl methyl sites for hydroxylation is 1.